The molecule has 0 atom stereocenters. The molecule has 0 fully saturated rings. The van der Waals surface area contributed by atoms with Crippen molar-refractivity contribution in [1.29, 1.82) is 0 Å². The van der Waals surface area contributed by atoms with Crippen LogP contribution in [0.3, 0.4) is 0 Å². The second-order valence-corrected chi connectivity index (χ2v) is 4.79. The van der Waals surface area contributed by atoms with Crippen molar-refractivity contribution in [2.45, 2.75) is 32.9 Å². The van der Waals surface area contributed by atoms with Crippen molar-refractivity contribution < 1.29 is 22.8 Å². The lowest BCUT2D eigenvalue weighted by Gasteiger charge is -2.26. The Kier molecular flexibility index (Phi) is 4.90. The van der Waals surface area contributed by atoms with Crippen LogP contribution in [0.5, 0.6) is 0 Å². The molecule has 0 aromatic heterocycles. The van der Waals surface area contributed by atoms with E-state index in [9.17, 15) is 22.8 Å². The number of halogens is 3. The van der Waals surface area contributed by atoms with Crippen molar-refractivity contribution in [3.8, 4) is 0 Å². The molecular weight excluding hydrogens is 263 g/mol. The largest absolute Gasteiger partial charge is 0.406 e. The first kappa shape index (κ1) is 15.5. The van der Waals surface area contributed by atoms with Gasteiger partial charge in [-0.05, 0) is 5.92 Å². The molecule has 2 amide bonds. The summed E-state index contributed by atoms with van der Waals surface area (Å²) in [6.45, 7) is 2.13. The lowest BCUT2D eigenvalue weighted by molar-refractivity contribution is -0.158. The molecule has 1 aliphatic rings. The molecule has 0 saturated carbocycles. The fraction of sp³-hybridized carbons (Fsp3) is 0.727. The minimum atomic E-state index is -4.46. The van der Waals surface area contributed by atoms with Crippen LogP contribution in [0, 0.1) is 5.92 Å². The summed E-state index contributed by atoms with van der Waals surface area (Å²) in [5, 5.41) is 3.53. The van der Waals surface area contributed by atoms with Crippen LogP contribution in [0.4, 0.5) is 13.2 Å². The van der Waals surface area contributed by atoms with Gasteiger partial charge in [0.05, 0.1) is 0 Å². The summed E-state index contributed by atoms with van der Waals surface area (Å²) in [7, 11) is 0. The van der Waals surface area contributed by atoms with E-state index in [1.54, 1.807) is 13.8 Å². The zero-order valence-corrected chi connectivity index (χ0v) is 10.8. The van der Waals surface area contributed by atoms with Crippen LogP contribution in [0.15, 0.2) is 5.10 Å². The number of nitrogens with one attached hydrogen (secondary N) is 1. The van der Waals surface area contributed by atoms with Crippen molar-refractivity contribution in [3.05, 3.63) is 0 Å². The summed E-state index contributed by atoms with van der Waals surface area (Å²) in [6.07, 6.45) is -4.33. The summed E-state index contributed by atoms with van der Waals surface area (Å²) in [6, 6.07) is 0. The first-order valence-corrected chi connectivity index (χ1v) is 5.90. The molecular formula is C11H16F3N3O2. The van der Waals surface area contributed by atoms with Gasteiger partial charge in [-0.15, -0.1) is 0 Å². The maximum atomic E-state index is 12.4. The minimum absolute atomic E-state index is 0.00862. The average Bonchev–Trinajstić information content (AvgIpc) is 2.25. The number of carbonyl (C=O) groups excluding carboxylic acids is 2. The summed E-state index contributed by atoms with van der Waals surface area (Å²) in [5.74, 6) is -1.21. The molecule has 19 heavy (non-hydrogen) atoms. The van der Waals surface area contributed by atoms with E-state index >= 15 is 0 Å². The Morgan fingerprint density at radius 3 is 2.47 bits per heavy atom. The lowest BCUT2D eigenvalue weighted by atomic mass is 10.1. The normalized spacial score (nSPS) is 16.1. The molecule has 0 aromatic rings. The Labute approximate surface area is 108 Å². The highest BCUT2D eigenvalue weighted by Crippen LogP contribution is 2.18. The fourth-order valence-electron chi connectivity index (χ4n) is 1.69. The van der Waals surface area contributed by atoms with Gasteiger partial charge in [-0.2, -0.15) is 18.3 Å². The molecule has 5 nitrogen and oxygen atoms in total. The van der Waals surface area contributed by atoms with E-state index in [1.807, 2.05) is 0 Å². The van der Waals surface area contributed by atoms with Crippen molar-refractivity contribution in [1.82, 2.24) is 10.3 Å². The van der Waals surface area contributed by atoms with Gasteiger partial charge >= 0.3 is 6.18 Å². The predicted molar refractivity (Wildman–Crippen MR) is 62.3 cm³/mol. The van der Waals surface area contributed by atoms with Crippen LogP contribution in [0.1, 0.15) is 26.7 Å². The number of nitrogens with zero attached hydrogens (tertiary/aromatic N) is 2. The van der Waals surface area contributed by atoms with Crippen LogP contribution in [0.2, 0.25) is 0 Å². The summed E-state index contributed by atoms with van der Waals surface area (Å²) >= 11 is 0. The molecule has 0 aromatic carbocycles. The molecule has 0 radical (unpaired) electrons. The molecule has 0 unspecified atom stereocenters. The molecule has 1 rings (SSSR count). The highest BCUT2D eigenvalue weighted by molar-refractivity contribution is 6.39. The van der Waals surface area contributed by atoms with Gasteiger partial charge in [0.1, 0.15) is 12.3 Å². The van der Waals surface area contributed by atoms with Crippen molar-refractivity contribution >= 4 is 17.5 Å². The Bertz CT molecular complexity index is 391. The number of amides is 2. The number of rotatable bonds is 4. The molecule has 0 bridgehead atoms. The average molecular weight is 279 g/mol. The van der Waals surface area contributed by atoms with E-state index in [0.29, 0.717) is 0 Å². The smallest absolute Gasteiger partial charge is 0.328 e. The van der Waals surface area contributed by atoms with Gasteiger partial charge in [0.25, 0.3) is 5.91 Å². The third-order valence-electron chi connectivity index (χ3n) is 2.39. The van der Waals surface area contributed by atoms with Crippen LogP contribution < -0.4 is 5.43 Å². The second-order valence-electron chi connectivity index (χ2n) is 4.79. The van der Waals surface area contributed by atoms with Gasteiger partial charge in [-0.25, -0.2) is 5.43 Å². The third kappa shape index (κ3) is 5.27. The Hall–Kier alpha value is -1.60. The Balaban J connectivity index is 2.79. The fourth-order valence-corrected chi connectivity index (χ4v) is 1.69. The van der Waals surface area contributed by atoms with E-state index in [-0.39, 0.29) is 36.9 Å². The first-order valence-electron chi connectivity index (χ1n) is 5.90. The lowest BCUT2D eigenvalue weighted by Crippen LogP contribution is -2.46. The van der Waals surface area contributed by atoms with Crippen LogP contribution in [-0.2, 0) is 9.59 Å². The van der Waals surface area contributed by atoms with Crippen LogP contribution >= 0.6 is 0 Å². The number of hydrogen-bond donors (Lipinski definition) is 1. The van der Waals surface area contributed by atoms with E-state index in [0.717, 1.165) is 4.90 Å². The first-order chi connectivity index (χ1) is 8.69. The van der Waals surface area contributed by atoms with Crippen LogP contribution in [-0.4, -0.2) is 41.7 Å². The van der Waals surface area contributed by atoms with Gasteiger partial charge < -0.3 is 4.90 Å². The van der Waals surface area contributed by atoms with Crippen molar-refractivity contribution in [2.24, 2.45) is 11.0 Å². The Morgan fingerprint density at radius 1 is 1.42 bits per heavy atom. The van der Waals surface area contributed by atoms with Gasteiger partial charge in [0.15, 0.2) is 0 Å². The second kappa shape index (κ2) is 6.03. The van der Waals surface area contributed by atoms with E-state index in [1.165, 1.54) is 0 Å². The van der Waals surface area contributed by atoms with Crippen LogP contribution in [0.25, 0.3) is 0 Å². The molecule has 1 heterocycles. The standard InChI is InChI=1S/C11H16F3N3O2/c1-7(2)5-17(6-11(12,13)14)10(19)8-3-4-9(18)16-15-8/h7H,3-6H2,1-2H3,(H,16,18). The van der Waals surface area contributed by atoms with Gasteiger partial charge in [0, 0.05) is 19.4 Å². The topological polar surface area (TPSA) is 61.8 Å². The number of alkyl halides is 3. The molecule has 1 aliphatic heterocycles. The highest BCUT2D eigenvalue weighted by atomic mass is 19.4. The zero-order chi connectivity index (χ0) is 14.6. The maximum Gasteiger partial charge on any atom is 0.406 e. The molecule has 8 heteroatoms. The monoisotopic (exact) mass is 279 g/mol. The van der Waals surface area contributed by atoms with E-state index < -0.39 is 18.6 Å². The highest BCUT2D eigenvalue weighted by Gasteiger charge is 2.35. The molecule has 1 N–H and O–H groups in total. The Morgan fingerprint density at radius 2 is 2.05 bits per heavy atom. The van der Waals surface area contributed by atoms with E-state index in [4.69, 9.17) is 0 Å². The molecule has 0 saturated heterocycles. The number of carbonyl (C=O) groups is 2. The predicted octanol–water partition coefficient (Wildman–Crippen LogP) is 1.30. The zero-order valence-electron chi connectivity index (χ0n) is 10.8. The summed E-state index contributed by atoms with van der Waals surface area (Å²) < 4.78 is 37.3. The van der Waals surface area contributed by atoms with Crippen molar-refractivity contribution in [2.75, 3.05) is 13.1 Å². The minimum Gasteiger partial charge on any atom is -0.328 e. The molecule has 0 aliphatic carbocycles. The third-order valence-corrected chi connectivity index (χ3v) is 2.39. The van der Waals surface area contributed by atoms with Gasteiger partial charge in [-0.1, -0.05) is 13.8 Å². The molecule has 108 valence electrons. The number of hydrazone groups is 1. The quantitative estimate of drug-likeness (QED) is 0.843. The van der Waals surface area contributed by atoms with Gasteiger partial charge in [0.2, 0.25) is 5.91 Å². The number of hydrogen-bond acceptors (Lipinski definition) is 3. The van der Waals surface area contributed by atoms with Crippen molar-refractivity contribution in [3.63, 3.8) is 0 Å². The van der Waals surface area contributed by atoms with E-state index in [2.05, 4.69) is 10.5 Å². The molecule has 0 spiro atoms. The maximum absolute atomic E-state index is 12.4. The summed E-state index contributed by atoms with van der Waals surface area (Å²) in [4.78, 5) is 23.6. The summed E-state index contributed by atoms with van der Waals surface area (Å²) in [5.41, 5.74) is 2.07. The van der Waals surface area contributed by atoms with Gasteiger partial charge in [-0.3, -0.25) is 9.59 Å². The SMILES string of the molecule is CC(C)CN(CC(F)(F)F)C(=O)C1=NNC(=O)CC1.